The standard InChI is InChI=1S/C21H22N4O3/c1-13-22-10-18(14-4-7-20(26)25(2)11-14)21(24-13)28-12-15-8-17(15)19-6-5-16(27-3)9-23-19/h4-7,9-11,15,17H,8,12H2,1-3H3/t15?,17-/m1/s1. The van der Waals surface area contributed by atoms with E-state index in [1.54, 1.807) is 38.8 Å². The molecule has 1 aliphatic rings. The van der Waals surface area contributed by atoms with Gasteiger partial charge in [0.05, 0.1) is 25.5 Å². The second-order valence-corrected chi connectivity index (χ2v) is 7.04. The van der Waals surface area contributed by atoms with Gasteiger partial charge in [-0.05, 0) is 31.5 Å². The molecule has 3 heterocycles. The second kappa shape index (κ2) is 7.42. The summed E-state index contributed by atoms with van der Waals surface area (Å²) in [7, 11) is 3.36. The number of pyridine rings is 2. The topological polar surface area (TPSA) is 79.1 Å². The van der Waals surface area contributed by atoms with Crippen molar-refractivity contribution in [2.75, 3.05) is 13.7 Å². The van der Waals surface area contributed by atoms with Crippen LogP contribution in [-0.4, -0.2) is 33.2 Å². The third-order valence-electron chi connectivity index (χ3n) is 5.00. The molecule has 28 heavy (non-hydrogen) atoms. The number of hydrogen-bond acceptors (Lipinski definition) is 6. The third-order valence-corrected chi connectivity index (χ3v) is 5.00. The maximum Gasteiger partial charge on any atom is 0.250 e. The Morgan fingerprint density at radius 1 is 1.18 bits per heavy atom. The number of hydrogen-bond donors (Lipinski definition) is 0. The Bertz CT molecular complexity index is 1050. The summed E-state index contributed by atoms with van der Waals surface area (Å²) in [6, 6.07) is 7.24. The lowest BCUT2D eigenvalue weighted by Gasteiger charge is -2.11. The van der Waals surface area contributed by atoms with Gasteiger partial charge in [0, 0.05) is 48.6 Å². The van der Waals surface area contributed by atoms with Crippen molar-refractivity contribution < 1.29 is 9.47 Å². The van der Waals surface area contributed by atoms with Gasteiger partial charge in [-0.3, -0.25) is 9.78 Å². The lowest BCUT2D eigenvalue weighted by Crippen LogP contribution is -2.14. The smallest absolute Gasteiger partial charge is 0.250 e. The van der Waals surface area contributed by atoms with E-state index in [-0.39, 0.29) is 5.56 Å². The highest BCUT2D eigenvalue weighted by Gasteiger charge is 2.40. The number of nitrogens with zero attached hydrogens (tertiary/aromatic N) is 4. The number of aryl methyl sites for hydroxylation is 2. The van der Waals surface area contributed by atoms with E-state index in [0.29, 0.717) is 30.1 Å². The van der Waals surface area contributed by atoms with E-state index in [1.807, 2.05) is 19.1 Å². The fraction of sp³-hybridized carbons (Fsp3) is 0.333. The van der Waals surface area contributed by atoms with Crippen LogP contribution in [0.5, 0.6) is 11.6 Å². The van der Waals surface area contributed by atoms with Gasteiger partial charge in [-0.15, -0.1) is 0 Å². The first-order valence-electron chi connectivity index (χ1n) is 9.18. The summed E-state index contributed by atoms with van der Waals surface area (Å²) in [6.45, 7) is 2.40. The minimum Gasteiger partial charge on any atom is -0.495 e. The van der Waals surface area contributed by atoms with Crippen molar-refractivity contribution in [1.29, 1.82) is 0 Å². The van der Waals surface area contributed by atoms with Crippen molar-refractivity contribution in [3.8, 4) is 22.8 Å². The lowest BCUT2D eigenvalue weighted by molar-refractivity contribution is 0.285. The summed E-state index contributed by atoms with van der Waals surface area (Å²) < 4.78 is 12.8. The van der Waals surface area contributed by atoms with Crippen LogP contribution in [0, 0.1) is 12.8 Å². The number of aromatic nitrogens is 4. The van der Waals surface area contributed by atoms with E-state index in [1.165, 1.54) is 10.6 Å². The van der Waals surface area contributed by atoms with Gasteiger partial charge >= 0.3 is 0 Å². The Morgan fingerprint density at radius 3 is 2.75 bits per heavy atom. The third kappa shape index (κ3) is 3.74. The van der Waals surface area contributed by atoms with Crippen molar-refractivity contribution in [2.45, 2.75) is 19.3 Å². The van der Waals surface area contributed by atoms with E-state index in [9.17, 15) is 4.79 Å². The molecule has 0 aliphatic heterocycles. The first kappa shape index (κ1) is 18.2. The van der Waals surface area contributed by atoms with Crippen LogP contribution in [-0.2, 0) is 7.05 Å². The summed E-state index contributed by atoms with van der Waals surface area (Å²) in [5, 5.41) is 0. The van der Waals surface area contributed by atoms with Crippen molar-refractivity contribution in [2.24, 2.45) is 13.0 Å². The molecule has 3 aromatic rings. The average molecular weight is 378 g/mol. The number of methoxy groups -OCH3 is 1. The molecule has 1 saturated carbocycles. The van der Waals surface area contributed by atoms with Gasteiger partial charge in [0.2, 0.25) is 11.4 Å². The van der Waals surface area contributed by atoms with Gasteiger partial charge in [0.25, 0.3) is 0 Å². The van der Waals surface area contributed by atoms with Crippen LogP contribution in [0.15, 0.2) is 47.7 Å². The van der Waals surface area contributed by atoms with Gasteiger partial charge in [0.1, 0.15) is 11.6 Å². The van der Waals surface area contributed by atoms with Crippen molar-refractivity contribution in [3.05, 3.63) is 64.7 Å². The molecule has 0 N–H and O–H groups in total. The quantitative estimate of drug-likeness (QED) is 0.656. The van der Waals surface area contributed by atoms with Crippen LogP contribution in [0.25, 0.3) is 11.1 Å². The first-order valence-corrected chi connectivity index (χ1v) is 9.18. The minimum atomic E-state index is -0.0629. The van der Waals surface area contributed by atoms with Gasteiger partial charge in [-0.2, -0.15) is 4.98 Å². The van der Waals surface area contributed by atoms with E-state index in [4.69, 9.17) is 9.47 Å². The fourth-order valence-electron chi connectivity index (χ4n) is 3.22. The predicted octanol–water partition coefficient (Wildman–Crippen LogP) is 2.74. The zero-order valence-corrected chi connectivity index (χ0v) is 16.1. The largest absolute Gasteiger partial charge is 0.495 e. The zero-order valence-electron chi connectivity index (χ0n) is 16.1. The van der Waals surface area contributed by atoms with Gasteiger partial charge < -0.3 is 14.0 Å². The molecule has 0 spiro atoms. The van der Waals surface area contributed by atoms with E-state index in [2.05, 4.69) is 15.0 Å². The molecule has 0 bridgehead atoms. The van der Waals surface area contributed by atoms with Crippen LogP contribution in [0.1, 0.15) is 23.9 Å². The Hall–Kier alpha value is -3.22. The van der Waals surface area contributed by atoms with Crippen molar-refractivity contribution >= 4 is 0 Å². The van der Waals surface area contributed by atoms with Crippen LogP contribution in [0.2, 0.25) is 0 Å². The lowest BCUT2D eigenvalue weighted by atomic mass is 10.1. The maximum atomic E-state index is 11.7. The molecule has 3 aromatic heterocycles. The van der Waals surface area contributed by atoms with Gasteiger partial charge in [-0.25, -0.2) is 4.98 Å². The highest BCUT2D eigenvalue weighted by molar-refractivity contribution is 5.66. The first-order chi connectivity index (χ1) is 13.5. The molecule has 1 aliphatic carbocycles. The Kier molecular flexibility index (Phi) is 4.81. The van der Waals surface area contributed by atoms with Crippen LogP contribution in [0.3, 0.4) is 0 Å². The molecule has 2 atom stereocenters. The molecule has 0 aromatic carbocycles. The summed E-state index contributed by atoms with van der Waals surface area (Å²) in [4.78, 5) is 24.9. The highest BCUT2D eigenvalue weighted by Crippen LogP contribution is 2.47. The zero-order chi connectivity index (χ0) is 19.7. The Morgan fingerprint density at radius 2 is 2.04 bits per heavy atom. The molecule has 1 unspecified atom stereocenters. The number of rotatable bonds is 6. The highest BCUT2D eigenvalue weighted by atomic mass is 16.5. The SMILES string of the molecule is COc1ccc([C@@H]2CC2COc2nc(C)ncc2-c2ccc(=O)n(C)c2)nc1. The van der Waals surface area contributed by atoms with Crippen LogP contribution < -0.4 is 15.0 Å². The van der Waals surface area contributed by atoms with Crippen LogP contribution in [0.4, 0.5) is 0 Å². The van der Waals surface area contributed by atoms with Crippen LogP contribution >= 0.6 is 0 Å². The summed E-state index contributed by atoms with van der Waals surface area (Å²) >= 11 is 0. The molecule has 7 nitrogen and oxygen atoms in total. The molecule has 7 heteroatoms. The second-order valence-electron chi connectivity index (χ2n) is 7.04. The molecular formula is C21H22N4O3. The average Bonchev–Trinajstić information content (AvgIpc) is 3.48. The van der Waals surface area contributed by atoms with E-state index in [0.717, 1.165) is 29.0 Å². The van der Waals surface area contributed by atoms with Gasteiger partial charge in [-0.1, -0.05) is 0 Å². The molecule has 0 amide bonds. The summed E-state index contributed by atoms with van der Waals surface area (Å²) in [5.41, 5.74) is 2.63. The maximum absolute atomic E-state index is 11.7. The number of ether oxygens (including phenoxy) is 2. The molecule has 0 saturated heterocycles. The normalized spacial score (nSPS) is 18.0. The molecule has 0 radical (unpaired) electrons. The summed E-state index contributed by atoms with van der Waals surface area (Å²) in [6.07, 6.45) is 6.30. The predicted molar refractivity (Wildman–Crippen MR) is 105 cm³/mol. The molecule has 4 rings (SSSR count). The summed E-state index contributed by atoms with van der Waals surface area (Å²) in [5.74, 6) is 2.75. The molecular weight excluding hydrogens is 356 g/mol. The van der Waals surface area contributed by atoms with Crippen molar-refractivity contribution in [1.82, 2.24) is 19.5 Å². The Balaban J connectivity index is 1.48. The van der Waals surface area contributed by atoms with Gasteiger partial charge in [0.15, 0.2) is 0 Å². The minimum absolute atomic E-state index is 0.0629. The Labute approximate surface area is 163 Å². The van der Waals surface area contributed by atoms with E-state index < -0.39 is 0 Å². The van der Waals surface area contributed by atoms with E-state index >= 15 is 0 Å². The molecule has 1 fully saturated rings. The molecule has 144 valence electrons. The van der Waals surface area contributed by atoms with Crippen molar-refractivity contribution in [3.63, 3.8) is 0 Å². The fourth-order valence-corrected chi connectivity index (χ4v) is 3.22. The monoisotopic (exact) mass is 378 g/mol.